The van der Waals surface area contributed by atoms with Gasteiger partial charge in [0.2, 0.25) is 5.91 Å². The Morgan fingerprint density at radius 1 is 1.15 bits per heavy atom. The third kappa shape index (κ3) is 2.79. The molecular weight excluding hydrogens is 252 g/mol. The van der Waals surface area contributed by atoms with E-state index in [2.05, 4.69) is 5.16 Å². The van der Waals surface area contributed by atoms with Gasteiger partial charge in [0.15, 0.2) is 0 Å². The number of hydrogen-bond acceptors (Lipinski definition) is 3. The van der Waals surface area contributed by atoms with Gasteiger partial charge in [-0.2, -0.15) is 0 Å². The normalized spacial score (nSPS) is 18.6. The van der Waals surface area contributed by atoms with Crippen molar-refractivity contribution in [2.75, 3.05) is 13.1 Å². The molecule has 1 aromatic heterocycles. The second kappa shape index (κ2) is 5.43. The Kier molecular flexibility index (Phi) is 3.64. The van der Waals surface area contributed by atoms with Crippen molar-refractivity contribution in [2.45, 2.75) is 52.4 Å². The van der Waals surface area contributed by atoms with E-state index >= 15 is 0 Å². The fourth-order valence-electron chi connectivity index (χ4n) is 3.04. The van der Waals surface area contributed by atoms with Gasteiger partial charge in [0.1, 0.15) is 5.76 Å². The van der Waals surface area contributed by atoms with Crippen LogP contribution in [-0.2, 0) is 11.2 Å². The van der Waals surface area contributed by atoms with Crippen molar-refractivity contribution >= 4 is 5.91 Å². The molecule has 0 aromatic carbocycles. The van der Waals surface area contributed by atoms with Gasteiger partial charge in [-0.05, 0) is 46.0 Å². The molecule has 0 bridgehead atoms. The molecule has 1 saturated heterocycles. The number of rotatable bonds is 3. The van der Waals surface area contributed by atoms with Crippen molar-refractivity contribution in [1.82, 2.24) is 10.1 Å². The Bertz CT molecular complexity index is 521. The van der Waals surface area contributed by atoms with Gasteiger partial charge in [-0.1, -0.05) is 16.3 Å². The molecule has 1 aliphatic carbocycles. The topological polar surface area (TPSA) is 46.3 Å². The molecule has 2 heterocycles. The minimum Gasteiger partial charge on any atom is -0.361 e. The van der Waals surface area contributed by atoms with Crippen molar-refractivity contribution in [3.8, 4) is 0 Å². The molecule has 0 atom stereocenters. The Balaban J connectivity index is 1.51. The molecule has 0 radical (unpaired) electrons. The van der Waals surface area contributed by atoms with Gasteiger partial charge in [-0.15, -0.1) is 0 Å². The largest absolute Gasteiger partial charge is 0.361 e. The predicted molar refractivity (Wildman–Crippen MR) is 76.4 cm³/mol. The van der Waals surface area contributed by atoms with Crippen LogP contribution in [0.4, 0.5) is 0 Å². The number of aromatic nitrogens is 1. The standard InChI is InChI=1S/C16H22N2O2/c1-11-15(12(2)20-17-11)5-6-16(19)18-9-7-14(8-10-18)13-3-4-13/h3-10H2,1-2H3. The van der Waals surface area contributed by atoms with E-state index < -0.39 is 0 Å². The lowest BCUT2D eigenvalue weighted by atomic mass is 10.0. The van der Waals surface area contributed by atoms with E-state index in [0.29, 0.717) is 6.42 Å². The lowest BCUT2D eigenvalue weighted by Gasteiger charge is -2.28. The summed E-state index contributed by atoms with van der Waals surface area (Å²) in [5, 5.41) is 3.94. The van der Waals surface area contributed by atoms with E-state index in [1.807, 2.05) is 18.7 Å². The highest BCUT2D eigenvalue weighted by Crippen LogP contribution is 2.36. The molecule has 20 heavy (non-hydrogen) atoms. The molecule has 4 nitrogen and oxygen atoms in total. The van der Waals surface area contributed by atoms with Crippen molar-refractivity contribution in [2.24, 2.45) is 0 Å². The number of carbonyl (C=O) groups is 1. The summed E-state index contributed by atoms with van der Waals surface area (Å²) in [6.07, 6.45) is 6.09. The van der Waals surface area contributed by atoms with Gasteiger partial charge < -0.3 is 9.42 Å². The molecule has 1 aromatic rings. The molecular formula is C16H22N2O2. The van der Waals surface area contributed by atoms with Gasteiger partial charge in [0, 0.05) is 25.1 Å². The van der Waals surface area contributed by atoms with Crippen LogP contribution in [0.2, 0.25) is 0 Å². The van der Waals surface area contributed by atoms with Crippen LogP contribution < -0.4 is 0 Å². The zero-order chi connectivity index (χ0) is 14.1. The van der Waals surface area contributed by atoms with Crippen molar-refractivity contribution in [3.05, 3.63) is 28.2 Å². The summed E-state index contributed by atoms with van der Waals surface area (Å²) in [5.41, 5.74) is 5.29. The number of hydrogen-bond donors (Lipinski definition) is 0. The first-order valence-electron chi connectivity index (χ1n) is 7.54. The maximum Gasteiger partial charge on any atom is 0.222 e. The molecule has 2 aliphatic rings. The number of amides is 1. The van der Waals surface area contributed by atoms with Crippen LogP contribution in [0.15, 0.2) is 15.7 Å². The Hall–Kier alpha value is -1.58. The number of piperidine rings is 1. The maximum atomic E-state index is 12.3. The number of nitrogens with zero attached hydrogens (tertiary/aromatic N) is 2. The highest BCUT2D eigenvalue weighted by Gasteiger charge is 2.24. The van der Waals surface area contributed by atoms with Crippen LogP contribution in [0.3, 0.4) is 0 Å². The zero-order valence-corrected chi connectivity index (χ0v) is 12.4. The average molecular weight is 274 g/mol. The van der Waals surface area contributed by atoms with Gasteiger partial charge in [0.25, 0.3) is 0 Å². The second-order valence-electron chi connectivity index (χ2n) is 5.89. The van der Waals surface area contributed by atoms with Crippen LogP contribution in [0.1, 0.15) is 49.1 Å². The molecule has 0 unspecified atom stereocenters. The maximum absolute atomic E-state index is 12.3. The van der Waals surface area contributed by atoms with E-state index in [1.165, 1.54) is 12.8 Å². The summed E-state index contributed by atoms with van der Waals surface area (Å²) in [6.45, 7) is 5.65. The van der Waals surface area contributed by atoms with Crippen LogP contribution in [0, 0.1) is 13.8 Å². The summed E-state index contributed by atoms with van der Waals surface area (Å²) in [5.74, 6) is 1.11. The Labute approximate surface area is 119 Å². The lowest BCUT2D eigenvalue weighted by Crippen LogP contribution is -2.36. The molecule has 1 saturated carbocycles. The summed E-state index contributed by atoms with van der Waals surface area (Å²) in [4.78, 5) is 14.3. The molecule has 3 rings (SSSR count). The first-order valence-corrected chi connectivity index (χ1v) is 7.54. The second-order valence-corrected chi connectivity index (χ2v) is 5.89. The van der Waals surface area contributed by atoms with Crippen molar-refractivity contribution in [1.29, 1.82) is 0 Å². The van der Waals surface area contributed by atoms with Gasteiger partial charge in [-0.25, -0.2) is 0 Å². The average Bonchev–Trinajstić information content (AvgIpc) is 3.25. The Morgan fingerprint density at radius 3 is 2.35 bits per heavy atom. The summed E-state index contributed by atoms with van der Waals surface area (Å²) < 4.78 is 5.14. The third-order valence-corrected chi connectivity index (χ3v) is 4.49. The molecule has 2 fully saturated rings. The molecule has 1 aliphatic heterocycles. The first-order chi connectivity index (χ1) is 9.65. The van der Waals surface area contributed by atoms with E-state index in [9.17, 15) is 4.79 Å². The van der Waals surface area contributed by atoms with Gasteiger partial charge in [-0.3, -0.25) is 4.79 Å². The van der Waals surface area contributed by atoms with E-state index in [-0.39, 0.29) is 5.91 Å². The lowest BCUT2D eigenvalue weighted by molar-refractivity contribution is -0.131. The summed E-state index contributed by atoms with van der Waals surface area (Å²) in [7, 11) is 0. The Morgan fingerprint density at radius 2 is 1.80 bits per heavy atom. The number of likely N-dealkylation sites (tertiary alicyclic amines) is 1. The number of allylic oxidation sites excluding steroid dienone is 1. The first kappa shape index (κ1) is 13.4. The highest BCUT2D eigenvalue weighted by molar-refractivity contribution is 5.76. The molecule has 1 amide bonds. The highest BCUT2D eigenvalue weighted by atomic mass is 16.5. The zero-order valence-electron chi connectivity index (χ0n) is 12.4. The van der Waals surface area contributed by atoms with E-state index in [1.54, 1.807) is 11.1 Å². The van der Waals surface area contributed by atoms with E-state index in [0.717, 1.165) is 49.4 Å². The van der Waals surface area contributed by atoms with Crippen molar-refractivity contribution < 1.29 is 9.32 Å². The van der Waals surface area contributed by atoms with Crippen LogP contribution in [-0.4, -0.2) is 29.1 Å². The van der Waals surface area contributed by atoms with Crippen molar-refractivity contribution in [3.63, 3.8) is 0 Å². The fourth-order valence-corrected chi connectivity index (χ4v) is 3.04. The number of carbonyl (C=O) groups excluding carboxylic acids is 1. The molecule has 4 heteroatoms. The van der Waals surface area contributed by atoms with E-state index in [4.69, 9.17) is 4.52 Å². The quantitative estimate of drug-likeness (QED) is 0.796. The predicted octanol–water partition coefficient (Wildman–Crippen LogP) is 2.94. The van der Waals surface area contributed by atoms with Gasteiger partial charge in [0.05, 0.1) is 5.69 Å². The molecule has 108 valence electrons. The molecule has 0 spiro atoms. The van der Waals surface area contributed by atoms with Crippen LogP contribution in [0.5, 0.6) is 0 Å². The molecule has 0 N–H and O–H groups in total. The minimum atomic E-state index is 0.268. The monoisotopic (exact) mass is 274 g/mol. The SMILES string of the molecule is Cc1noc(C)c1CCC(=O)N1CCC(=C2CC2)CC1. The number of aryl methyl sites for hydroxylation is 2. The fraction of sp³-hybridized carbons (Fsp3) is 0.625. The summed E-state index contributed by atoms with van der Waals surface area (Å²) >= 11 is 0. The minimum absolute atomic E-state index is 0.268. The summed E-state index contributed by atoms with van der Waals surface area (Å²) in [6, 6.07) is 0. The van der Waals surface area contributed by atoms with Gasteiger partial charge >= 0.3 is 0 Å². The van der Waals surface area contributed by atoms with Crippen LogP contribution >= 0.6 is 0 Å². The van der Waals surface area contributed by atoms with Crippen LogP contribution in [0.25, 0.3) is 0 Å². The third-order valence-electron chi connectivity index (χ3n) is 4.49. The smallest absolute Gasteiger partial charge is 0.222 e.